The van der Waals surface area contributed by atoms with Crippen LogP contribution in [-0.4, -0.2) is 39.3 Å². The molecule has 1 aliphatic rings. The number of carboxylic acids is 1. The smallest absolute Gasteiger partial charge is 0.303 e. The number of carbonyl (C=O) groups excluding carboxylic acids is 1. The number of carboxylic acid groups (broad SMARTS) is 1. The predicted molar refractivity (Wildman–Crippen MR) is 97.1 cm³/mol. The molecule has 0 amide bonds. The quantitative estimate of drug-likeness (QED) is 0.370. The van der Waals surface area contributed by atoms with Gasteiger partial charge >= 0.3 is 5.97 Å². The van der Waals surface area contributed by atoms with E-state index in [1.807, 2.05) is 31.2 Å². The lowest BCUT2D eigenvalue weighted by molar-refractivity contribution is -0.137. The molecular formula is C20H32O5. The number of aliphatic hydroxyl groups excluding tert-OH is 2. The summed E-state index contributed by atoms with van der Waals surface area (Å²) in [6, 6.07) is 0. The van der Waals surface area contributed by atoms with Crippen LogP contribution in [0.25, 0.3) is 0 Å². The van der Waals surface area contributed by atoms with E-state index in [1.165, 1.54) is 0 Å². The van der Waals surface area contributed by atoms with Crippen LogP contribution in [0.2, 0.25) is 0 Å². The number of ketones is 1. The third-order valence-electron chi connectivity index (χ3n) is 4.70. The molecule has 0 heterocycles. The maximum Gasteiger partial charge on any atom is 0.303 e. The number of Topliss-reactive ketones (excluding diaryl/α,β-unsaturated/α-hetero) is 1. The zero-order valence-corrected chi connectivity index (χ0v) is 15.1. The van der Waals surface area contributed by atoms with Gasteiger partial charge in [-0.15, -0.1) is 0 Å². The van der Waals surface area contributed by atoms with Gasteiger partial charge in [-0.05, 0) is 38.5 Å². The molecule has 1 saturated carbocycles. The van der Waals surface area contributed by atoms with Crippen molar-refractivity contribution in [2.45, 2.75) is 76.9 Å². The molecule has 0 saturated heterocycles. The molecule has 3 N–H and O–H groups in total. The topological polar surface area (TPSA) is 94.8 Å². The number of hydrogen-bond donors (Lipinski definition) is 3. The maximum absolute atomic E-state index is 12.1. The molecule has 0 aliphatic heterocycles. The third kappa shape index (κ3) is 8.45. The molecule has 5 nitrogen and oxygen atoms in total. The number of carbonyl (C=O) groups is 2. The van der Waals surface area contributed by atoms with Gasteiger partial charge in [0, 0.05) is 24.7 Å². The molecule has 1 rings (SSSR count). The number of aliphatic carboxylic acids is 1. The average Bonchev–Trinajstić information content (AvgIpc) is 2.81. The number of hydrogen-bond acceptors (Lipinski definition) is 4. The Bertz CT molecular complexity index is 469. The van der Waals surface area contributed by atoms with E-state index < -0.39 is 12.1 Å². The zero-order valence-electron chi connectivity index (χ0n) is 15.1. The van der Waals surface area contributed by atoms with E-state index in [-0.39, 0.29) is 36.6 Å². The molecule has 1 fully saturated rings. The minimum absolute atomic E-state index is 0.0864. The fourth-order valence-electron chi connectivity index (χ4n) is 3.28. The summed E-state index contributed by atoms with van der Waals surface area (Å²) < 4.78 is 0. The first-order chi connectivity index (χ1) is 12.0. The first-order valence-corrected chi connectivity index (χ1v) is 9.38. The summed E-state index contributed by atoms with van der Waals surface area (Å²) >= 11 is 0. The second-order valence-corrected chi connectivity index (χ2v) is 6.86. The van der Waals surface area contributed by atoms with E-state index in [2.05, 4.69) is 0 Å². The third-order valence-corrected chi connectivity index (χ3v) is 4.70. The van der Waals surface area contributed by atoms with Crippen molar-refractivity contribution in [2.24, 2.45) is 11.8 Å². The van der Waals surface area contributed by atoms with Crippen molar-refractivity contribution in [1.82, 2.24) is 0 Å². The van der Waals surface area contributed by atoms with Crippen molar-refractivity contribution < 1.29 is 24.9 Å². The van der Waals surface area contributed by atoms with Crippen LogP contribution in [0.5, 0.6) is 0 Å². The van der Waals surface area contributed by atoms with Crippen molar-refractivity contribution in [1.29, 1.82) is 0 Å². The SMILES string of the molecule is CCCC(O)CC/C=C/[C@H]1[C@H](O)CC(=O)[C@@H]1C/C=C\CCCC(=O)O. The lowest BCUT2D eigenvalue weighted by atomic mass is 9.90. The Labute approximate surface area is 150 Å². The number of rotatable bonds is 12. The summed E-state index contributed by atoms with van der Waals surface area (Å²) in [7, 11) is 0. The van der Waals surface area contributed by atoms with Gasteiger partial charge in [0.15, 0.2) is 0 Å². The first kappa shape index (κ1) is 21.6. The highest BCUT2D eigenvalue weighted by Crippen LogP contribution is 2.33. The Morgan fingerprint density at radius 1 is 1.24 bits per heavy atom. The molecule has 4 atom stereocenters. The van der Waals surface area contributed by atoms with E-state index in [0.29, 0.717) is 25.7 Å². The van der Waals surface area contributed by atoms with Crippen LogP contribution in [0, 0.1) is 11.8 Å². The average molecular weight is 352 g/mol. The lowest BCUT2D eigenvalue weighted by Crippen LogP contribution is -2.18. The fourth-order valence-corrected chi connectivity index (χ4v) is 3.28. The molecule has 0 aromatic carbocycles. The molecule has 1 unspecified atom stereocenters. The van der Waals surface area contributed by atoms with Crippen molar-refractivity contribution in [3.05, 3.63) is 24.3 Å². The van der Waals surface area contributed by atoms with Crippen molar-refractivity contribution in [2.75, 3.05) is 0 Å². The van der Waals surface area contributed by atoms with Crippen molar-refractivity contribution in [3.8, 4) is 0 Å². The van der Waals surface area contributed by atoms with Crippen LogP contribution < -0.4 is 0 Å². The summed E-state index contributed by atoms with van der Waals surface area (Å²) in [6.45, 7) is 2.04. The van der Waals surface area contributed by atoms with Crippen molar-refractivity contribution >= 4 is 11.8 Å². The summed E-state index contributed by atoms with van der Waals surface area (Å²) in [5.41, 5.74) is 0. The molecule has 0 radical (unpaired) electrons. The van der Waals surface area contributed by atoms with Crippen LogP contribution in [0.3, 0.4) is 0 Å². The van der Waals surface area contributed by atoms with Gasteiger partial charge in [-0.2, -0.15) is 0 Å². The van der Waals surface area contributed by atoms with Crippen LogP contribution in [0.4, 0.5) is 0 Å². The summed E-state index contributed by atoms with van der Waals surface area (Å²) in [5.74, 6) is -1.08. The van der Waals surface area contributed by atoms with E-state index in [9.17, 15) is 19.8 Å². The number of allylic oxidation sites excluding steroid dienone is 3. The molecule has 142 valence electrons. The molecule has 0 aromatic rings. The van der Waals surface area contributed by atoms with Crippen LogP contribution >= 0.6 is 0 Å². The molecule has 1 aliphatic carbocycles. The van der Waals surface area contributed by atoms with Gasteiger partial charge in [0.25, 0.3) is 0 Å². The normalized spacial score (nSPS) is 25.2. The molecule has 0 spiro atoms. The molecule has 5 heteroatoms. The summed E-state index contributed by atoms with van der Waals surface area (Å²) in [4.78, 5) is 22.5. The molecule has 25 heavy (non-hydrogen) atoms. The van der Waals surface area contributed by atoms with E-state index in [1.54, 1.807) is 0 Å². The second kappa shape index (κ2) is 12.0. The Balaban J connectivity index is 2.43. The molecule has 0 bridgehead atoms. The maximum atomic E-state index is 12.1. The molecular weight excluding hydrogens is 320 g/mol. The minimum Gasteiger partial charge on any atom is -0.481 e. The Morgan fingerprint density at radius 2 is 2.00 bits per heavy atom. The van der Waals surface area contributed by atoms with Gasteiger partial charge in [0.1, 0.15) is 5.78 Å². The Kier molecular flexibility index (Phi) is 10.3. The van der Waals surface area contributed by atoms with E-state index >= 15 is 0 Å². The lowest BCUT2D eigenvalue weighted by Gasteiger charge is -2.16. The van der Waals surface area contributed by atoms with Gasteiger partial charge in [-0.1, -0.05) is 37.6 Å². The zero-order chi connectivity index (χ0) is 18.7. The standard InChI is InChI=1S/C20H32O5/c1-2-9-15(21)10-7-8-12-17-16(18(22)14-19(17)23)11-5-3-4-6-13-20(24)25/h3,5,8,12,15-17,19,21,23H,2,4,6-7,9-11,13-14H2,1H3,(H,24,25)/b5-3-,12-8+/t15?,16-,17-,19-/m1/s1. The Morgan fingerprint density at radius 3 is 2.68 bits per heavy atom. The van der Waals surface area contributed by atoms with E-state index in [4.69, 9.17) is 5.11 Å². The Hall–Kier alpha value is -1.46. The predicted octanol–water partition coefficient (Wildman–Crippen LogP) is 3.25. The van der Waals surface area contributed by atoms with E-state index in [0.717, 1.165) is 19.3 Å². The number of aliphatic hydroxyl groups is 2. The van der Waals surface area contributed by atoms with Crippen LogP contribution in [-0.2, 0) is 9.59 Å². The number of unbranched alkanes of at least 4 members (excludes halogenated alkanes) is 1. The highest BCUT2D eigenvalue weighted by atomic mass is 16.4. The van der Waals surface area contributed by atoms with Crippen LogP contribution in [0.15, 0.2) is 24.3 Å². The first-order valence-electron chi connectivity index (χ1n) is 9.38. The highest BCUT2D eigenvalue weighted by molar-refractivity contribution is 5.84. The van der Waals surface area contributed by atoms with Gasteiger partial charge in [0.05, 0.1) is 12.2 Å². The fraction of sp³-hybridized carbons (Fsp3) is 0.700. The largest absolute Gasteiger partial charge is 0.481 e. The van der Waals surface area contributed by atoms with Gasteiger partial charge in [-0.3, -0.25) is 9.59 Å². The summed E-state index contributed by atoms with van der Waals surface area (Å²) in [5, 5.41) is 28.4. The van der Waals surface area contributed by atoms with Crippen molar-refractivity contribution in [3.63, 3.8) is 0 Å². The van der Waals surface area contributed by atoms with Gasteiger partial charge < -0.3 is 15.3 Å². The van der Waals surface area contributed by atoms with Gasteiger partial charge in [0.2, 0.25) is 0 Å². The monoisotopic (exact) mass is 352 g/mol. The summed E-state index contributed by atoms with van der Waals surface area (Å²) in [6.07, 6.45) is 12.2. The van der Waals surface area contributed by atoms with Crippen LogP contribution in [0.1, 0.15) is 64.7 Å². The molecule has 0 aromatic heterocycles. The minimum atomic E-state index is -0.795. The highest BCUT2D eigenvalue weighted by Gasteiger charge is 2.38. The van der Waals surface area contributed by atoms with Gasteiger partial charge in [-0.25, -0.2) is 0 Å². The second-order valence-electron chi connectivity index (χ2n) is 6.86.